The van der Waals surface area contributed by atoms with Crippen molar-refractivity contribution in [2.75, 3.05) is 0 Å². The Balaban J connectivity index is 1.97. The predicted molar refractivity (Wildman–Crippen MR) is 149 cm³/mol. The number of aliphatic hydroxyl groups is 1. The molecule has 0 spiro atoms. The molecular weight excluding hydrogens is 431 g/mol. The summed E-state index contributed by atoms with van der Waals surface area (Å²) < 4.78 is 12.1. The number of hydrogen-bond acceptors (Lipinski definition) is 3. The predicted octanol–water partition coefficient (Wildman–Crippen LogP) is 7.01. The zero-order chi connectivity index (χ0) is 26.0. The topological polar surface area (TPSA) is 38.7 Å². The van der Waals surface area contributed by atoms with E-state index < -0.39 is 18.3 Å². The smallest absolute Gasteiger partial charge is 0.534 e. The maximum Gasteiger partial charge on any atom is 0.563 e. The lowest BCUT2D eigenvalue weighted by molar-refractivity contribution is 0.0836. The third-order valence-corrected chi connectivity index (χ3v) is 8.23. The van der Waals surface area contributed by atoms with E-state index in [1.54, 1.807) is 0 Å². The van der Waals surface area contributed by atoms with Gasteiger partial charge in [-0.25, -0.2) is 0 Å². The lowest BCUT2D eigenvalue weighted by Crippen LogP contribution is -2.37. The third-order valence-electron chi connectivity index (χ3n) is 8.23. The van der Waals surface area contributed by atoms with Crippen molar-refractivity contribution in [3.05, 3.63) is 82.6 Å². The molecule has 0 aliphatic carbocycles. The molecule has 0 unspecified atom stereocenters. The van der Waals surface area contributed by atoms with Crippen LogP contribution in [0.3, 0.4) is 0 Å². The molecule has 3 nitrogen and oxygen atoms in total. The summed E-state index contributed by atoms with van der Waals surface area (Å²) in [6.07, 6.45) is 7.45. The van der Waals surface area contributed by atoms with Crippen molar-refractivity contribution >= 4 is 18.7 Å². The maximum absolute atomic E-state index is 10.7. The van der Waals surface area contributed by atoms with Crippen molar-refractivity contribution in [1.29, 1.82) is 0 Å². The average Bonchev–Trinajstić information content (AvgIpc) is 3.11. The van der Waals surface area contributed by atoms with Crippen molar-refractivity contribution in [3.63, 3.8) is 0 Å². The van der Waals surface area contributed by atoms with Crippen LogP contribution in [0.15, 0.2) is 54.8 Å². The lowest BCUT2D eigenvalue weighted by atomic mass is 9.68. The number of benzene rings is 2. The van der Waals surface area contributed by atoms with Crippen molar-refractivity contribution in [2.24, 2.45) is 0 Å². The minimum absolute atomic E-state index is 0.0792. The summed E-state index contributed by atoms with van der Waals surface area (Å²) in [5, 5.41) is 10.7. The summed E-state index contributed by atoms with van der Waals surface area (Å²) in [6.45, 7) is 20.9. The Labute approximate surface area is 213 Å². The van der Waals surface area contributed by atoms with E-state index in [0.29, 0.717) is 18.6 Å². The molecule has 188 valence electrons. The molecule has 0 atom stereocenters. The van der Waals surface area contributed by atoms with Gasteiger partial charge in [0.25, 0.3) is 0 Å². The van der Waals surface area contributed by atoms with Gasteiger partial charge in [-0.15, -0.1) is 0 Å². The van der Waals surface area contributed by atoms with Gasteiger partial charge in [-0.1, -0.05) is 82.8 Å². The van der Waals surface area contributed by atoms with Gasteiger partial charge in [-0.3, -0.25) is 0 Å². The quantitative estimate of drug-likeness (QED) is 0.398. The molecule has 0 bridgehead atoms. The molecule has 1 N–H and O–H groups in total. The molecule has 2 aromatic carbocycles. The van der Waals surface area contributed by atoms with E-state index in [2.05, 4.69) is 76.7 Å². The molecule has 1 fully saturated rings. The normalized spacial score (nSPS) is 16.3. The molecule has 3 rings (SSSR count). The number of aryl methyl sites for hydroxylation is 2. The van der Waals surface area contributed by atoms with Gasteiger partial charge in [0.2, 0.25) is 0 Å². The Kier molecular flexibility index (Phi) is 8.08. The molecule has 0 radical (unpaired) electrons. The fourth-order valence-electron chi connectivity index (χ4n) is 5.12. The highest BCUT2D eigenvalue weighted by Gasteiger charge is 2.43. The van der Waals surface area contributed by atoms with Gasteiger partial charge in [0.15, 0.2) is 0 Å². The van der Waals surface area contributed by atoms with E-state index >= 15 is 0 Å². The van der Waals surface area contributed by atoms with Crippen LogP contribution in [0.25, 0.3) is 6.08 Å². The largest absolute Gasteiger partial charge is 0.563 e. The summed E-state index contributed by atoms with van der Waals surface area (Å²) in [4.78, 5) is 0. The van der Waals surface area contributed by atoms with Crippen LogP contribution in [0.4, 0.5) is 0 Å². The molecule has 1 saturated heterocycles. The fourth-order valence-corrected chi connectivity index (χ4v) is 5.12. The van der Waals surface area contributed by atoms with Crippen LogP contribution < -0.4 is 5.46 Å². The lowest BCUT2D eigenvalue weighted by Gasteiger charge is -2.34. The standard InChI is InChI=1S/C31H43BO3/c1-10-30(33,11-2)19-18-25-14-15-26(20-22(25)5)31(12-3,13-4)27-16-17-28(23(6)21-27)32-34-24(7)29(8,9)35-32/h14-21,33H,7,10-13H2,1-6,8-9H3/b19-18+. The summed E-state index contributed by atoms with van der Waals surface area (Å²) in [5.41, 5.74) is 5.93. The van der Waals surface area contributed by atoms with E-state index in [9.17, 15) is 5.11 Å². The van der Waals surface area contributed by atoms with E-state index in [4.69, 9.17) is 9.31 Å². The monoisotopic (exact) mass is 474 g/mol. The minimum Gasteiger partial charge on any atom is -0.534 e. The Morgan fingerprint density at radius 3 is 1.94 bits per heavy atom. The van der Waals surface area contributed by atoms with Crippen LogP contribution in [-0.2, 0) is 14.7 Å². The van der Waals surface area contributed by atoms with Crippen LogP contribution >= 0.6 is 0 Å². The Hall–Kier alpha value is -2.30. The molecule has 1 aliphatic rings. The molecular formula is C31H43BO3. The van der Waals surface area contributed by atoms with Crippen molar-refractivity contribution in [3.8, 4) is 0 Å². The molecule has 4 heteroatoms. The van der Waals surface area contributed by atoms with Crippen LogP contribution in [0.2, 0.25) is 0 Å². The van der Waals surface area contributed by atoms with Gasteiger partial charge in [0.1, 0.15) is 5.60 Å². The summed E-state index contributed by atoms with van der Waals surface area (Å²) in [5.74, 6) is 0.670. The van der Waals surface area contributed by atoms with Gasteiger partial charge >= 0.3 is 7.12 Å². The van der Waals surface area contributed by atoms with Crippen molar-refractivity contribution < 1.29 is 14.4 Å². The van der Waals surface area contributed by atoms with E-state index in [-0.39, 0.29) is 5.41 Å². The van der Waals surface area contributed by atoms with Gasteiger partial charge in [-0.2, -0.15) is 0 Å². The van der Waals surface area contributed by atoms with Crippen LogP contribution in [-0.4, -0.2) is 23.4 Å². The first kappa shape index (κ1) is 27.3. The highest BCUT2D eigenvalue weighted by atomic mass is 16.7. The molecule has 35 heavy (non-hydrogen) atoms. The second-order valence-electron chi connectivity index (χ2n) is 10.6. The first-order valence-corrected chi connectivity index (χ1v) is 13.1. The van der Waals surface area contributed by atoms with Crippen LogP contribution in [0, 0.1) is 13.8 Å². The second-order valence-corrected chi connectivity index (χ2v) is 10.6. The molecule has 0 aromatic heterocycles. The Bertz CT molecular complexity index is 1090. The van der Waals surface area contributed by atoms with Crippen molar-refractivity contribution in [2.45, 2.75) is 97.7 Å². The molecule has 1 heterocycles. The summed E-state index contributed by atoms with van der Waals surface area (Å²) in [6, 6.07) is 13.5. The van der Waals surface area contributed by atoms with E-state index in [1.807, 2.05) is 33.8 Å². The van der Waals surface area contributed by atoms with E-state index in [1.165, 1.54) is 22.3 Å². The average molecular weight is 474 g/mol. The van der Waals surface area contributed by atoms with Crippen LogP contribution in [0.1, 0.15) is 95.0 Å². The fraction of sp³-hybridized carbons (Fsp3) is 0.484. The summed E-state index contributed by atoms with van der Waals surface area (Å²) in [7, 11) is -0.414. The molecule has 0 amide bonds. The van der Waals surface area contributed by atoms with Gasteiger partial charge in [0, 0.05) is 5.41 Å². The molecule has 0 saturated carbocycles. The molecule has 2 aromatic rings. The maximum atomic E-state index is 10.7. The summed E-state index contributed by atoms with van der Waals surface area (Å²) >= 11 is 0. The number of hydrogen-bond donors (Lipinski definition) is 1. The minimum atomic E-state index is -0.741. The zero-order valence-corrected chi connectivity index (χ0v) is 23.0. The van der Waals surface area contributed by atoms with Crippen LogP contribution in [0.5, 0.6) is 0 Å². The van der Waals surface area contributed by atoms with Crippen molar-refractivity contribution in [1.82, 2.24) is 0 Å². The first-order valence-electron chi connectivity index (χ1n) is 13.1. The van der Waals surface area contributed by atoms with Gasteiger partial charge in [-0.05, 0) is 86.7 Å². The zero-order valence-electron chi connectivity index (χ0n) is 23.0. The van der Waals surface area contributed by atoms with Gasteiger partial charge in [0.05, 0.1) is 11.4 Å². The van der Waals surface area contributed by atoms with E-state index in [0.717, 1.165) is 23.9 Å². The Morgan fingerprint density at radius 2 is 1.49 bits per heavy atom. The number of rotatable bonds is 9. The third kappa shape index (κ3) is 5.29. The first-order chi connectivity index (χ1) is 16.4. The SMILES string of the molecule is C=C1OB(c2ccc(C(CC)(CC)c3ccc(/C=C/C(O)(CC)CC)c(C)c3)cc2C)OC1(C)C. The highest BCUT2D eigenvalue weighted by molar-refractivity contribution is 6.62. The second kappa shape index (κ2) is 10.4. The van der Waals surface area contributed by atoms with Gasteiger partial charge < -0.3 is 14.4 Å². The molecule has 1 aliphatic heterocycles. The Morgan fingerprint density at radius 1 is 0.914 bits per heavy atom. The highest BCUT2D eigenvalue weighted by Crippen LogP contribution is 2.40.